The second-order valence-electron chi connectivity index (χ2n) is 3.87. The molecule has 17 heavy (non-hydrogen) atoms. The van der Waals surface area contributed by atoms with Crippen molar-refractivity contribution in [2.24, 2.45) is 0 Å². The van der Waals surface area contributed by atoms with Crippen LogP contribution < -0.4 is 4.74 Å². The monoisotopic (exact) mass is 230 g/mol. The minimum absolute atomic E-state index is 0.0192. The van der Waals surface area contributed by atoms with E-state index in [4.69, 9.17) is 9.84 Å². The van der Waals surface area contributed by atoms with Gasteiger partial charge in [-0.25, -0.2) is 0 Å². The van der Waals surface area contributed by atoms with Gasteiger partial charge in [-0.05, 0) is 30.2 Å². The Balaban J connectivity index is 2.10. The normalized spacial score (nSPS) is 10.2. The van der Waals surface area contributed by atoms with Crippen LogP contribution in [0.1, 0.15) is 11.1 Å². The average Bonchev–Trinajstić information content (AvgIpc) is 2.30. The SMILES string of the molecule is Cc1ccccc1COc1ccc(O)cc1O. The van der Waals surface area contributed by atoms with Gasteiger partial charge in [0.2, 0.25) is 0 Å². The van der Waals surface area contributed by atoms with Gasteiger partial charge < -0.3 is 14.9 Å². The molecule has 0 aliphatic carbocycles. The molecular weight excluding hydrogens is 216 g/mol. The molecule has 88 valence electrons. The summed E-state index contributed by atoms with van der Waals surface area (Å²) in [7, 11) is 0. The van der Waals surface area contributed by atoms with Gasteiger partial charge in [0.15, 0.2) is 11.5 Å². The van der Waals surface area contributed by atoms with Crippen molar-refractivity contribution in [3.8, 4) is 17.2 Å². The number of ether oxygens (including phenoxy) is 1. The van der Waals surface area contributed by atoms with Crippen LogP contribution in [0.2, 0.25) is 0 Å². The third-order valence-electron chi connectivity index (χ3n) is 2.59. The van der Waals surface area contributed by atoms with Crippen LogP contribution >= 0.6 is 0 Å². The Hall–Kier alpha value is -2.16. The number of hydrogen-bond acceptors (Lipinski definition) is 3. The third kappa shape index (κ3) is 2.69. The van der Waals surface area contributed by atoms with Crippen molar-refractivity contribution < 1.29 is 14.9 Å². The zero-order valence-electron chi connectivity index (χ0n) is 9.55. The largest absolute Gasteiger partial charge is 0.508 e. The van der Waals surface area contributed by atoms with Gasteiger partial charge in [0.25, 0.3) is 0 Å². The molecule has 0 fully saturated rings. The molecule has 2 aromatic rings. The molecule has 2 rings (SSSR count). The summed E-state index contributed by atoms with van der Waals surface area (Å²) in [4.78, 5) is 0. The molecule has 2 N–H and O–H groups in total. The fourth-order valence-corrected chi connectivity index (χ4v) is 1.56. The lowest BCUT2D eigenvalue weighted by atomic mass is 10.1. The van der Waals surface area contributed by atoms with E-state index in [1.54, 1.807) is 6.07 Å². The Morgan fingerprint density at radius 3 is 2.53 bits per heavy atom. The topological polar surface area (TPSA) is 49.7 Å². The Morgan fingerprint density at radius 1 is 1.06 bits per heavy atom. The van der Waals surface area contributed by atoms with Crippen molar-refractivity contribution in [2.75, 3.05) is 0 Å². The number of aryl methyl sites for hydroxylation is 1. The van der Waals surface area contributed by atoms with Crippen LogP contribution in [-0.2, 0) is 6.61 Å². The molecule has 0 aliphatic rings. The molecule has 0 aromatic heterocycles. The molecule has 0 spiro atoms. The third-order valence-corrected chi connectivity index (χ3v) is 2.59. The molecule has 0 saturated carbocycles. The number of phenolic OH excluding ortho intramolecular Hbond substituents is 2. The summed E-state index contributed by atoms with van der Waals surface area (Å²) in [5.74, 6) is 0.329. The standard InChI is InChI=1S/C14H14O3/c1-10-4-2-3-5-11(10)9-17-14-7-6-12(15)8-13(14)16/h2-8,15-16H,9H2,1H3. The Labute approximate surface area is 99.9 Å². The van der Waals surface area contributed by atoms with Crippen LogP contribution in [0.5, 0.6) is 17.2 Å². The first-order chi connectivity index (χ1) is 8.16. The lowest BCUT2D eigenvalue weighted by molar-refractivity contribution is 0.287. The second kappa shape index (κ2) is 4.78. The number of hydrogen-bond donors (Lipinski definition) is 2. The van der Waals surface area contributed by atoms with E-state index < -0.39 is 0 Å². The zero-order valence-corrected chi connectivity index (χ0v) is 9.55. The molecule has 0 amide bonds. The van der Waals surface area contributed by atoms with Crippen LogP contribution in [0.25, 0.3) is 0 Å². The van der Waals surface area contributed by atoms with Crippen LogP contribution in [0.3, 0.4) is 0 Å². The maximum Gasteiger partial charge on any atom is 0.161 e. The van der Waals surface area contributed by atoms with Crippen LogP contribution in [0.15, 0.2) is 42.5 Å². The smallest absolute Gasteiger partial charge is 0.161 e. The fourth-order valence-electron chi connectivity index (χ4n) is 1.56. The molecule has 3 heteroatoms. The molecule has 0 saturated heterocycles. The number of aromatic hydroxyl groups is 2. The van der Waals surface area contributed by atoms with Gasteiger partial charge in [-0.2, -0.15) is 0 Å². The van der Waals surface area contributed by atoms with Crippen molar-refractivity contribution in [3.63, 3.8) is 0 Å². The van der Waals surface area contributed by atoms with E-state index in [0.29, 0.717) is 12.4 Å². The second-order valence-corrected chi connectivity index (χ2v) is 3.87. The first kappa shape index (κ1) is 11.3. The van der Waals surface area contributed by atoms with E-state index in [1.165, 1.54) is 12.1 Å². The van der Waals surface area contributed by atoms with Crippen molar-refractivity contribution in [3.05, 3.63) is 53.6 Å². The summed E-state index contributed by atoms with van der Waals surface area (Å²) in [6.45, 7) is 2.40. The predicted octanol–water partition coefficient (Wildman–Crippen LogP) is 2.99. The average molecular weight is 230 g/mol. The summed E-state index contributed by atoms with van der Waals surface area (Å²) in [5.41, 5.74) is 2.21. The summed E-state index contributed by atoms with van der Waals surface area (Å²) < 4.78 is 5.50. The summed E-state index contributed by atoms with van der Waals surface area (Å²) in [6.07, 6.45) is 0. The number of rotatable bonds is 3. The molecular formula is C14H14O3. The first-order valence-corrected chi connectivity index (χ1v) is 5.36. The minimum atomic E-state index is -0.0569. The molecule has 3 nitrogen and oxygen atoms in total. The van der Waals surface area contributed by atoms with Gasteiger partial charge in [0, 0.05) is 6.07 Å². The lowest BCUT2D eigenvalue weighted by Gasteiger charge is -2.09. The van der Waals surface area contributed by atoms with Gasteiger partial charge in [0.05, 0.1) is 0 Å². The van der Waals surface area contributed by atoms with E-state index in [2.05, 4.69) is 0 Å². The van der Waals surface area contributed by atoms with Crippen LogP contribution in [0, 0.1) is 6.92 Å². The predicted molar refractivity (Wildman–Crippen MR) is 65.3 cm³/mol. The maximum atomic E-state index is 9.55. The zero-order chi connectivity index (χ0) is 12.3. The highest BCUT2D eigenvalue weighted by Gasteiger charge is 2.04. The van der Waals surface area contributed by atoms with E-state index in [-0.39, 0.29) is 11.5 Å². The van der Waals surface area contributed by atoms with Gasteiger partial charge in [0.1, 0.15) is 12.4 Å². The van der Waals surface area contributed by atoms with Gasteiger partial charge >= 0.3 is 0 Å². The first-order valence-electron chi connectivity index (χ1n) is 5.36. The van der Waals surface area contributed by atoms with Crippen molar-refractivity contribution in [1.82, 2.24) is 0 Å². The molecule has 2 aromatic carbocycles. The highest BCUT2D eigenvalue weighted by Crippen LogP contribution is 2.30. The molecule has 0 bridgehead atoms. The van der Waals surface area contributed by atoms with Crippen LogP contribution in [-0.4, -0.2) is 10.2 Å². The highest BCUT2D eigenvalue weighted by atomic mass is 16.5. The Morgan fingerprint density at radius 2 is 1.82 bits per heavy atom. The van der Waals surface area contributed by atoms with Gasteiger partial charge in [-0.15, -0.1) is 0 Å². The van der Waals surface area contributed by atoms with Crippen molar-refractivity contribution in [1.29, 1.82) is 0 Å². The fraction of sp³-hybridized carbons (Fsp3) is 0.143. The Bertz CT molecular complexity index is 521. The highest BCUT2D eigenvalue weighted by molar-refractivity contribution is 5.44. The molecule has 0 aliphatic heterocycles. The summed E-state index contributed by atoms with van der Waals surface area (Å²) in [6, 6.07) is 12.2. The van der Waals surface area contributed by atoms with Crippen LogP contribution in [0.4, 0.5) is 0 Å². The summed E-state index contributed by atoms with van der Waals surface area (Å²) >= 11 is 0. The molecule has 0 atom stereocenters. The molecule has 0 unspecified atom stereocenters. The van der Waals surface area contributed by atoms with E-state index in [1.807, 2.05) is 31.2 Å². The quantitative estimate of drug-likeness (QED) is 0.852. The Kier molecular flexibility index (Phi) is 3.19. The molecule has 0 radical (unpaired) electrons. The van der Waals surface area contributed by atoms with E-state index in [9.17, 15) is 5.11 Å². The number of benzene rings is 2. The maximum absolute atomic E-state index is 9.55. The van der Waals surface area contributed by atoms with E-state index >= 15 is 0 Å². The minimum Gasteiger partial charge on any atom is -0.508 e. The number of phenols is 2. The van der Waals surface area contributed by atoms with Gasteiger partial charge in [-0.3, -0.25) is 0 Å². The lowest BCUT2D eigenvalue weighted by Crippen LogP contribution is -1.97. The summed E-state index contributed by atoms with van der Waals surface area (Å²) in [5, 5.41) is 18.7. The van der Waals surface area contributed by atoms with E-state index in [0.717, 1.165) is 11.1 Å². The van der Waals surface area contributed by atoms with Gasteiger partial charge in [-0.1, -0.05) is 24.3 Å². The van der Waals surface area contributed by atoms with Crippen molar-refractivity contribution >= 4 is 0 Å². The molecule has 0 heterocycles. The van der Waals surface area contributed by atoms with Crippen molar-refractivity contribution in [2.45, 2.75) is 13.5 Å².